The van der Waals surface area contributed by atoms with Gasteiger partial charge in [-0.2, -0.15) is 13.2 Å². The predicted molar refractivity (Wildman–Crippen MR) is 100 cm³/mol. The average molecular weight is 408 g/mol. The summed E-state index contributed by atoms with van der Waals surface area (Å²) in [7, 11) is 1.71. The van der Waals surface area contributed by atoms with Crippen molar-refractivity contribution in [2.45, 2.75) is 50.5 Å². The summed E-state index contributed by atoms with van der Waals surface area (Å²) in [5.41, 5.74) is -0.279. The number of rotatable bonds is 5. The molecule has 0 atom stereocenters. The summed E-state index contributed by atoms with van der Waals surface area (Å²) in [5.74, 6) is 0.366. The van der Waals surface area contributed by atoms with Crippen molar-refractivity contribution in [2.24, 2.45) is 7.05 Å². The molecule has 29 heavy (non-hydrogen) atoms. The lowest BCUT2D eigenvalue weighted by molar-refractivity contribution is -0.141. The van der Waals surface area contributed by atoms with Crippen molar-refractivity contribution in [2.75, 3.05) is 18.0 Å². The topological polar surface area (TPSA) is 67.2 Å². The molecule has 0 unspecified atom stereocenters. The molecule has 2 aliphatic rings. The van der Waals surface area contributed by atoms with Crippen molar-refractivity contribution in [3.8, 4) is 0 Å². The number of anilines is 1. The molecule has 0 spiro atoms. The van der Waals surface area contributed by atoms with Crippen molar-refractivity contribution < 1.29 is 13.2 Å². The highest BCUT2D eigenvalue weighted by molar-refractivity contribution is 5.44. The standard InChI is InChI=1S/C19H23F3N6O/c1-26-15(4-7-23-18(26)29)11-27-8-5-14(6-9-27)28(13-2-3-13)17-10-16(19(20,21)22)24-12-25-17/h4,7,10,12-14H,2-3,5-6,8-9,11H2,1H3. The molecule has 10 heteroatoms. The summed E-state index contributed by atoms with van der Waals surface area (Å²) >= 11 is 0. The molecule has 2 aromatic rings. The van der Waals surface area contributed by atoms with Gasteiger partial charge in [0, 0.05) is 56.7 Å². The average Bonchev–Trinajstić information content (AvgIpc) is 3.52. The van der Waals surface area contributed by atoms with Crippen LogP contribution in [-0.4, -0.2) is 49.6 Å². The van der Waals surface area contributed by atoms with Crippen LogP contribution < -0.4 is 10.6 Å². The zero-order valence-corrected chi connectivity index (χ0v) is 16.1. The van der Waals surface area contributed by atoms with Crippen LogP contribution in [0.1, 0.15) is 37.1 Å². The van der Waals surface area contributed by atoms with Gasteiger partial charge in [-0.1, -0.05) is 0 Å². The molecule has 2 fully saturated rings. The monoisotopic (exact) mass is 408 g/mol. The summed E-state index contributed by atoms with van der Waals surface area (Å²) in [6.45, 7) is 2.26. The van der Waals surface area contributed by atoms with E-state index in [0.717, 1.165) is 56.9 Å². The smallest absolute Gasteiger partial charge is 0.350 e. The molecule has 0 amide bonds. The molecule has 7 nitrogen and oxygen atoms in total. The highest BCUT2D eigenvalue weighted by atomic mass is 19.4. The van der Waals surface area contributed by atoms with Gasteiger partial charge in [-0.05, 0) is 31.7 Å². The molecule has 1 saturated heterocycles. The first-order valence-corrected chi connectivity index (χ1v) is 9.74. The zero-order chi connectivity index (χ0) is 20.6. The molecular weight excluding hydrogens is 385 g/mol. The Hall–Kier alpha value is -2.49. The van der Waals surface area contributed by atoms with E-state index in [-0.39, 0.29) is 17.8 Å². The molecule has 156 valence electrons. The van der Waals surface area contributed by atoms with Crippen LogP contribution in [0.4, 0.5) is 19.0 Å². The van der Waals surface area contributed by atoms with Crippen LogP contribution in [0, 0.1) is 0 Å². The lowest BCUT2D eigenvalue weighted by Crippen LogP contribution is -2.46. The Morgan fingerprint density at radius 3 is 2.45 bits per heavy atom. The second kappa shape index (κ2) is 7.74. The lowest BCUT2D eigenvalue weighted by atomic mass is 10.0. The fourth-order valence-electron chi connectivity index (χ4n) is 3.92. The van der Waals surface area contributed by atoms with Gasteiger partial charge in [-0.25, -0.2) is 19.7 Å². The number of piperidine rings is 1. The fourth-order valence-corrected chi connectivity index (χ4v) is 3.92. The number of hydrogen-bond acceptors (Lipinski definition) is 6. The van der Waals surface area contributed by atoms with Gasteiger partial charge in [0.25, 0.3) is 0 Å². The maximum absolute atomic E-state index is 13.1. The summed E-state index contributed by atoms with van der Waals surface area (Å²) in [6.07, 6.45) is 1.67. The minimum Gasteiger partial charge on any atom is -0.350 e. The van der Waals surface area contributed by atoms with E-state index in [0.29, 0.717) is 12.4 Å². The van der Waals surface area contributed by atoms with E-state index in [9.17, 15) is 18.0 Å². The van der Waals surface area contributed by atoms with Crippen molar-refractivity contribution in [3.63, 3.8) is 0 Å². The van der Waals surface area contributed by atoms with E-state index >= 15 is 0 Å². The third kappa shape index (κ3) is 4.42. The molecular formula is C19H23F3N6O. The fraction of sp³-hybridized carbons (Fsp3) is 0.579. The Bertz CT molecular complexity index is 919. The van der Waals surface area contributed by atoms with Crippen LogP contribution in [0.5, 0.6) is 0 Å². The summed E-state index contributed by atoms with van der Waals surface area (Å²) < 4.78 is 40.7. The highest BCUT2D eigenvalue weighted by Crippen LogP contribution is 2.37. The van der Waals surface area contributed by atoms with Gasteiger partial charge in [-0.3, -0.25) is 9.47 Å². The SMILES string of the molecule is Cn1c(CN2CCC(N(c3cc(C(F)(F)F)ncn3)C3CC3)CC2)ccnc1=O. The van der Waals surface area contributed by atoms with Gasteiger partial charge in [0.1, 0.15) is 17.8 Å². The summed E-state index contributed by atoms with van der Waals surface area (Å²) in [4.78, 5) is 27.3. The molecule has 1 aliphatic carbocycles. The Kier molecular flexibility index (Phi) is 5.28. The van der Waals surface area contributed by atoms with Crippen molar-refractivity contribution in [1.29, 1.82) is 0 Å². The lowest BCUT2D eigenvalue weighted by Gasteiger charge is -2.39. The maximum Gasteiger partial charge on any atom is 0.433 e. The first kappa shape index (κ1) is 19.8. The van der Waals surface area contributed by atoms with Crippen LogP contribution in [0.25, 0.3) is 0 Å². The second-order valence-corrected chi connectivity index (χ2v) is 7.68. The normalized spacial score (nSPS) is 18.8. The van der Waals surface area contributed by atoms with Crippen LogP contribution in [0.3, 0.4) is 0 Å². The van der Waals surface area contributed by atoms with E-state index in [1.807, 2.05) is 6.07 Å². The number of likely N-dealkylation sites (tertiary alicyclic amines) is 1. The molecule has 0 bridgehead atoms. The predicted octanol–water partition coefficient (Wildman–Crippen LogP) is 2.22. The van der Waals surface area contributed by atoms with Crippen molar-refractivity contribution in [3.05, 3.63) is 46.5 Å². The number of hydrogen-bond donors (Lipinski definition) is 0. The quantitative estimate of drug-likeness (QED) is 0.756. The molecule has 2 aromatic heterocycles. The van der Waals surface area contributed by atoms with Gasteiger partial charge in [-0.15, -0.1) is 0 Å². The van der Waals surface area contributed by atoms with Crippen LogP contribution in [0.15, 0.2) is 29.5 Å². The number of nitrogens with zero attached hydrogens (tertiary/aromatic N) is 6. The Labute approximate surface area is 166 Å². The van der Waals surface area contributed by atoms with Gasteiger partial charge in [0.05, 0.1) is 0 Å². The van der Waals surface area contributed by atoms with E-state index < -0.39 is 11.9 Å². The molecule has 1 saturated carbocycles. The van der Waals surface area contributed by atoms with Crippen molar-refractivity contribution >= 4 is 5.82 Å². The first-order chi connectivity index (χ1) is 13.8. The molecule has 0 N–H and O–H groups in total. The van der Waals surface area contributed by atoms with Crippen LogP contribution >= 0.6 is 0 Å². The maximum atomic E-state index is 13.1. The number of alkyl halides is 3. The van der Waals surface area contributed by atoms with Gasteiger partial charge < -0.3 is 4.90 Å². The van der Waals surface area contributed by atoms with E-state index in [1.54, 1.807) is 11.6 Å². The Morgan fingerprint density at radius 2 is 1.79 bits per heavy atom. The minimum atomic E-state index is -4.48. The summed E-state index contributed by atoms with van der Waals surface area (Å²) in [6, 6.07) is 3.31. The van der Waals surface area contributed by atoms with Crippen molar-refractivity contribution in [1.82, 2.24) is 24.4 Å². The second-order valence-electron chi connectivity index (χ2n) is 7.68. The highest BCUT2D eigenvalue weighted by Gasteiger charge is 2.38. The van der Waals surface area contributed by atoms with E-state index in [2.05, 4.69) is 24.8 Å². The Balaban J connectivity index is 1.45. The van der Waals surface area contributed by atoms with Gasteiger partial charge in [0.15, 0.2) is 0 Å². The van der Waals surface area contributed by atoms with Gasteiger partial charge in [0.2, 0.25) is 0 Å². The largest absolute Gasteiger partial charge is 0.433 e. The third-order valence-corrected chi connectivity index (χ3v) is 5.65. The third-order valence-electron chi connectivity index (χ3n) is 5.65. The molecule has 3 heterocycles. The number of halogens is 3. The first-order valence-electron chi connectivity index (χ1n) is 9.74. The van der Waals surface area contributed by atoms with E-state index in [1.165, 1.54) is 6.20 Å². The zero-order valence-electron chi connectivity index (χ0n) is 16.1. The van der Waals surface area contributed by atoms with E-state index in [4.69, 9.17) is 0 Å². The molecule has 0 aromatic carbocycles. The van der Waals surface area contributed by atoms with Crippen LogP contribution in [0.2, 0.25) is 0 Å². The van der Waals surface area contributed by atoms with Gasteiger partial charge >= 0.3 is 11.9 Å². The molecule has 0 radical (unpaired) electrons. The minimum absolute atomic E-state index is 0.149. The molecule has 4 rings (SSSR count). The molecule has 1 aliphatic heterocycles. The Morgan fingerprint density at radius 1 is 1.10 bits per heavy atom. The number of aromatic nitrogens is 4. The summed E-state index contributed by atoms with van der Waals surface area (Å²) in [5, 5.41) is 0. The van der Waals surface area contributed by atoms with Crippen LogP contribution in [-0.2, 0) is 19.8 Å².